The number of nitrogens with one attached hydrogen (secondary N) is 1. The molecule has 0 amide bonds. The molecule has 0 aliphatic carbocycles. The van der Waals surface area contributed by atoms with E-state index in [-0.39, 0.29) is 0 Å². The highest BCUT2D eigenvalue weighted by Crippen LogP contribution is 2.18. The van der Waals surface area contributed by atoms with E-state index in [1.165, 1.54) is 12.4 Å². The van der Waals surface area contributed by atoms with E-state index in [1.54, 1.807) is 0 Å². The van der Waals surface area contributed by atoms with E-state index in [0.717, 1.165) is 0 Å². The van der Waals surface area contributed by atoms with Crippen LogP contribution in [0.25, 0.3) is 0 Å². The van der Waals surface area contributed by atoms with Crippen LogP contribution in [0.2, 0.25) is 5.02 Å². The number of hydrogen-bond donors (Lipinski definition) is 2. The van der Waals surface area contributed by atoms with E-state index in [0.29, 0.717) is 37.2 Å². The number of anilines is 1. The zero-order valence-corrected chi connectivity index (χ0v) is 8.87. The average Bonchev–Trinajstić information content (AvgIpc) is 2.65. The number of nitrogens with zero attached hydrogens (tertiary/aromatic N) is 2. The molecule has 0 saturated carbocycles. The van der Waals surface area contributed by atoms with Gasteiger partial charge in [-0.1, -0.05) is 11.6 Å². The van der Waals surface area contributed by atoms with E-state index in [4.69, 9.17) is 16.3 Å². The molecule has 0 bridgehead atoms. The van der Waals surface area contributed by atoms with Gasteiger partial charge in [-0.25, -0.2) is 9.97 Å². The van der Waals surface area contributed by atoms with Crippen molar-refractivity contribution in [2.75, 3.05) is 25.1 Å². The zero-order valence-electron chi connectivity index (χ0n) is 8.11. The molecule has 1 aromatic heterocycles. The first-order valence-electron chi connectivity index (χ1n) is 4.70. The summed E-state index contributed by atoms with van der Waals surface area (Å²) < 4.78 is 5.12. The Balaban J connectivity index is 1.90. The number of halogens is 1. The summed E-state index contributed by atoms with van der Waals surface area (Å²) >= 11 is 5.64. The lowest BCUT2D eigenvalue weighted by Crippen LogP contribution is -2.37. The first kappa shape index (κ1) is 10.6. The Morgan fingerprint density at radius 2 is 2.27 bits per heavy atom. The second-order valence-corrected chi connectivity index (χ2v) is 4.04. The molecule has 1 aliphatic heterocycles. The average molecular weight is 230 g/mol. The minimum absolute atomic E-state index is 0.355. The molecule has 0 radical (unpaired) electrons. The first-order valence-corrected chi connectivity index (χ1v) is 5.07. The summed E-state index contributed by atoms with van der Waals surface area (Å²) in [5.74, 6) is 0.458. The fraction of sp³-hybridized carbons (Fsp3) is 0.556. The molecule has 0 aromatic carbocycles. The Bertz CT molecular complexity index is 325. The molecule has 1 aromatic rings. The van der Waals surface area contributed by atoms with Crippen LogP contribution in [-0.4, -0.2) is 40.4 Å². The third-order valence-electron chi connectivity index (χ3n) is 2.28. The topological polar surface area (TPSA) is 67.3 Å². The molecule has 1 aliphatic rings. The number of hydrogen-bond acceptors (Lipinski definition) is 5. The van der Waals surface area contributed by atoms with E-state index < -0.39 is 5.60 Å². The maximum absolute atomic E-state index is 9.94. The van der Waals surface area contributed by atoms with Crippen molar-refractivity contribution in [3.05, 3.63) is 17.4 Å². The third kappa shape index (κ3) is 2.77. The summed E-state index contributed by atoms with van der Waals surface area (Å²) in [6.45, 7) is 1.34. The van der Waals surface area contributed by atoms with Crippen molar-refractivity contribution in [2.24, 2.45) is 0 Å². The number of aromatic nitrogens is 2. The molecule has 1 saturated heterocycles. The Morgan fingerprint density at radius 1 is 1.53 bits per heavy atom. The highest BCUT2D eigenvalue weighted by Gasteiger charge is 2.32. The van der Waals surface area contributed by atoms with Crippen molar-refractivity contribution in [3.8, 4) is 0 Å². The summed E-state index contributed by atoms with van der Waals surface area (Å²) in [5, 5.41) is 13.4. The van der Waals surface area contributed by atoms with Crippen molar-refractivity contribution in [1.29, 1.82) is 0 Å². The molecule has 82 valence electrons. The molecule has 5 nitrogen and oxygen atoms in total. The summed E-state index contributed by atoms with van der Waals surface area (Å²) in [6, 6.07) is 0. The summed E-state index contributed by atoms with van der Waals surface area (Å²) in [4.78, 5) is 7.93. The summed E-state index contributed by atoms with van der Waals surface area (Å²) in [5.41, 5.74) is -0.803. The molecule has 0 spiro atoms. The van der Waals surface area contributed by atoms with Gasteiger partial charge >= 0.3 is 0 Å². The highest BCUT2D eigenvalue weighted by atomic mass is 35.5. The molecule has 6 heteroatoms. The van der Waals surface area contributed by atoms with Crippen LogP contribution in [0.4, 0.5) is 5.95 Å². The summed E-state index contributed by atoms with van der Waals surface area (Å²) in [7, 11) is 0. The molecule has 2 N–H and O–H groups in total. The van der Waals surface area contributed by atoms with Crippen LogP contribution in [0, 0.1) is 0 Å². The highest BCUT2D eigenvalue weighted by molar-refractivity contribution is 6.30. The van der Waals surface area contributed by atoms with Gasteiger partial charge in [0.25, 0.3) is 0 Å². The van der Waals surface area contributed by atoms with E-state index >= 15 is 0 Å². The van der Waals surface area contributed by atoms with E-state index in [9.17, 15) is 5.11 Å². The van der Waals surface area contributed by atoms with Crippen molar-refractivity contribution >= 4 is 17.5 Å². The van der Waals surface area contributed by atoms with Gasteiger partial charge in [0, 0.05) is 19.6 Å². The van der Waals surface area contributed by atoms with Gasteiger partial charge in [0.1, 0.15) is 5.60 Å². The lowest BCUT2D eigenvalue weighted by molar-refractivity contribution is 0.0380. The van der Waals surface area contributed by atoms with Crippen LogP contribution in [0.15, 0.2) is 12.4 Å². The Hall–Kier alpha value is -0.910. The molecule has 15 heavy (non-hydrogen) atoms. The second-order valence-electron chi connectivity index (χ2n) is 3.61. The molecular formula is C9H12ClN3O2. The molecule has 1 atom stereocenters. The number of rotatable bonds is 3. The summed E-state index contributed by atoms with van der Waals surface area (Å²) in [6.07, 6.45) is 3.64. The van der Waals surface area contributed by atoms with Gasteiger partial charge in [-0.05, 0) is 0 Å². The first-order chi connectivity index (χ1) is 7.18. The van der Waals surface area contributed by atoms with Crippen LogP contribution in [-0.2, 0) is 4.74 Å². The predicted octanol–water partition coefficient (Wildman–Crippen LogP) is 0.693. The van der Waals surface area contributed by atoms with Crippen LogP contribution in [0.3, 0.4) is 0 Å². The SMILES string of the molecule is OC1(CNc2ncc(Cl)cn2)CCOC1. The monoisotopic (exact) mass is 229 g/mol. The zero-order chi connectivity index (χ0) is 10.7. The normalized spacial score (nSPS) is 25.5. The van der Waals surface area contributed by atoms with Gasteiger partial charge in [0.05, 0.1) is 24.0 Å². The Morgan fingerprint density at radius 3 is 2.87 bits per heavy atom. The van der Waals surface area contributed by atoms with Gasteiger partial charge in [-0.3, -0.25) is 0 Å². The van der Waals surface area contributed by atoms with Crippen LogP contribution < -0.4 is 5.32 Å². The van der Waals surface area contributed by atoms with Gasteiger partial charge in [-0.2, -0.15) is 0 Å². The molecule has 1 unspecified atom stereocenters. The van der Waals surface area contributed by atoms with Gasteiger partial charge in [0.15, 0.2) is 0 Å². The van der Waals surface area contributed by atoms with E-state index in [2.05, 4.69) is 15.3 Å². The second kappa shape index (κ2) is 4.30. The molecule has 1 fully saturated rings. The minimum atomic E-state index is -0.803. The fourth-order valence-corrected chi connectivity index (χ4v) is 1.48. The van der Waals surface area contributed by atoms with Crippen LogP contribution >= 0.6 is 11.6 Å². The molecular weight excluding hydrogens is 218 g/mol. The van der Waals surface area contributed by atoms with Crippen LogP contribution in [0.5, 0.6) is 0 Å². The number of aliphatic hydroxyl groups is 1. The largest absolute Gasteiger partial charge is 0.386 e. The molecule has 2 heterocycles. The van der Waals surface area contributed by atoms with Crippen molar-refractivity contribution in [2.45, 2.75) is 12.0 Å². The fourth-order valence-electron chi connectivity index (χ4n) is 1.38. The standard InChI is InChI=1S/C9H12ClN3O2/c10-7-3-11-8(12-4-7)13-5-9(14)1-2-15-6-9/h3-4,14H,1-2,5-6H2,(H,11,12,13). The maximum Gasteiger partial charge on any atom is 0.222 e. The lowest BCUT2D eigenvalue weighted by Gasteiger charge is -2.20. The third-order valence-corrected chi connectivity index (χ3v) is 2.47. The van der Waals surface area contributed by atoms with Crippen molar-refractivity contribution in [1.82, 2.24) is 9.97 Å². The lowest BCUT2D eigenvalue weighted by atomic mass is 10.0. The van der Waals surface area contributed by atoms with Gasteiger partial charge < -0.3 is 15.2 Å². The van der Waals surface area contributed by atoms with E-state index in [1.807, 2.05) is 0 Å². The van der Waals surface area contributed by atoms with Crippen molar-refractivity contribution < 1.29 is 9.84 Å². The molecule has 2 rings (SSSR count). The Kier molecular flexibility index (Phi) is 3.04. The van der Waals surface area contributed by atoms with Gasteiger partial charge in [-0.15, -0.1) is 0 Å². The van der Waals surface area contributed by atoms with Gasteiger partial charge in [0.2, 0.25) is 5.95 Å². The predicted molar refractivity (Wildman–Crippen MR) is 55.9 cm³/mol. The smallest absolute Gasteiger partial charge is 0.222 e. The van der Waals surface area contributed by atoms with Crippen LogP contribution in [0.1, 0.15) is 6.42 Å². The Labute approximate surface area is 92.5 Å². The quantitative estimate of drug-likeness (QED) is 0.799. The van der Waals surface area contributed by atoms with Crippen molar-refractivity contribution in [3.63, 3.8) is 0 Å². The minimum Gasteiger partial charge on any atom is -0.386 e. The maximum atomic E-state index is 9.94. The number of ether oxygens (including phenoxy) is 1.